The number of carbonyl (C=O) groups is 2. The lowest BCUT2D eigenvalue weighted by Crippen LogP contribution is -2.45. The number of amides is 2. The summed E-state index contributed by atoms with van der Waals surface area (Å²) in [5.41, 5.74) is 0.882. The monoisotopic (exact) mass is 393 g/mol. The number of hydrogen-bond acceptors (Lipinski definition) is 5. The molecule has 3 heterocycles. The van der Waals surface area contributed by atoms with Gasteiger partial charge >= 0.3 is 0 Å². The third-order valence-corrected chi connectivity index (χ3v) is 6.75. The first-order chi connectivity index (χ1) is 12.9. The molecule has 0 radical (unpaired) electrons. The number of aromatic nitrogens is 1. The van der Waals surface area contributed by atoms with Gasteiger partial charge in [-0.25, -0.2) is 4.98 Å². The van der Waals surface area contributed by atoms with Crippen molar-refractivity contribution in [3.8, 4) is 0 Å². The van der Waals surface area contributed by atoms with E-state index < -0.39 is 0 Å². The number of ether oxygens (including phenoxy) is 1. The quantitative estimate of drug-likeness (QED) is 0.832. The molecular weight excluding hydrogens is 362 g/mol. The first-order valence-corrected chi connectivity index (χ1v) is 10.9. The molecule has 1 N–H and O–H groups in total. The molecule has 7 heteroatoms. The number of likely N-dealkylation sites (tertiary alicyclic amines) is 1. The topological polar surface area (TPSA) is 71.5 Å². The molecule has 1 aromatic heterocycles. The van der Waals surface area contributed by atoms with Gasteiger partial charge in [-0.3, -0.25) is 9.59 Å². The summed E-state index contributed by atoms with van der Waals surface area (Å²) in [5, 5.41) is 5.63. The van der Waals surface area contributed by atoms with Crippen molar-refractivity contribution in [2.24, 2.45) is 11.3 Å². The van der Waals surface area contributed by atoms with Crippen LogP contribution in [0.4, 0.5) is 0 Å². The van der Waals surface area contributed by atoms with Crippen molar-refractivity contribution >= 4 is 23.2 Å². The fraction of sp³-hybridized carbons (Fsp3) is 0.750. The molecule has 2 aliphatic rings. The fourth-order valence-electron chi connectivity index (χ4n) is 4.13. The third-order valence-electron chi connectivity index (χ3n) is 5.79. The largest absolute Gasteiger partial charge is 0.381 e. The molecule has 0 aromatic carbocycles. The molecule has 1 spiro atoms. The van der Waals surface area contributed by atoms with Crippen molar-refractivity contribution < 1.29 is 14.3 Å². The molecule has 1 aromatic rings. The molecule has 150 valence electrons. The lowest BCUT2D eigenvalue weighted by molar-refractivity contribution is -0.119. The number of carbonyl (C=O) groups excluding carboxylic acids is 2. The average molecular weight is 394 g/mol. The highest BCUT2D eigenvalue weighted by molar-refractivity contribution is 7.09. The van der Waals surface area contributed by atoms with Crippen LogP contribution >= 0.6 is 11.3 Å². The van der Waals surface area contributed by atoms with Gasteiger partial charge in [0, 0.05) is 38.6 Å². The van der Waals surface area contributed by atoms with E-state index in [0.717, 1.165) is 63.4 Å². The molecule has 27 heavy (non-hydrogen) atoms. The van der Waals surface area contributed by atoms with E-state index >= 15 is 0 Å². The summed E-state index contributed by atoms with van der Waals surface area (Å²) in [6, 6.07) is -0.124. The minimum atomic E-state index is -0.124. The van der Waals surface area contributed by atoms with Gasteiger partial charge in [-0.1, -0.05) is 13.8 Å². The summed E-state index contributed by atoms with van der Waals surface area (Å²) in [6.07, 6.45) is 5.16. The molecule has 0 saturated carbocycles. The Balaban J connectivity index is 1.63. The van der Waals surface area contributed by atoms with Crippen molar-refractivity contribution in [2.45, 2.75) is 58.9 Å². The van der Waals surface area contributed by atoms with E-state index in [0.29, 0.717) is 17.0 Å². The zero-order valence-electron chi connectivity index (χ0n) is 16.6. The maximum absolute atomic E-state index is 12.9. The number of nitrogens with zero attached hydrogens (tertiary/aromatic N) is 2. The van der Waals surface area contributed by atoms with Crippen molar-refractivity contribution in [2.75, 3.05) is 26.3 Å². The Morgan fingerprint density at radius 2 is 1.93 bits per heavy atom. The lowest BCUT2D eigenvalue weighted by Gasteiger charge is -2.43. The average Bonchev–Trinajstić information content (AvgIpc) is 3.11. The second kappa shape index (κ2) is 8.69. The molecule has 0 aliphatic carbocycles. The predicted octanol–water partition coefficient (Wildman–Crippen LogP) is 3.40. The maximum Gasteiger partial charge on any atom is 0.273 e. The first kappa shape index (κ1) is 20.3. The van der Waals surface area contributed by atoms with E-state index in [-0.39, 0.29) is 17.9 Å². The van der Waals surface area contributed by atoms with Crippen LogP contribution in [0.5, 0.6) is 0 Å². The summed E-state index contributed by atoms with van der Waals surface area (Å²) in [5.74, 6) is 0.384. The van der Waals surface area contributed by atoms with Gasteiger partial charge < -0.3 is 15.0 Å². The number of rotatable bonds is 5. The van der Waals surface area contributed by atoms with Gasteiger partial charge in [0.1, 0.15) is 10.7 Å². The van der Waals surface area contributed by atoms with Gasteiger partial charge in [-0.05, 0) is 43.4 Å². The van der Waals surface area contributed by atoms with Crippen LogP contribution in [-0.2, 0) is 9.53 Å². The SMILES string of the molecule is CC(=O)N[C@H](CC(C)C)c1nc(C(=O)N2CCC3(CCOCC3)CC2)cs1. The second-order valence-corrected chi connectivity index (χ2v) is 9.25. The molecule has 0 bridgehead atoms. The van der Waals surface area contributed by atoms with Gasteiger partial charge in [0.15, 0.2) is 0 Å². The Morgan fingerprint density at radius 1 is 1.26 bits per heavy atom. The van der Waals surface area contributed by atoms with Gasteiger partial charge in [-0.2, -0.15) is 0 Å². The van der Waals surface area contributed by atoms with Crippen molar-refractivity contribution in [1.29, 1.82) is 0 Å². The van der Waals surface area contributed by atoms with Crippen molar-refractivity contribution in [1.82, 2.24) is 15.2 Å². The predicted molar refractivity (Wildman–Crippen MR) is 106 cm³/mol. The number of hydrogen-bond donors (Lipinski definition) is 1. The van der Waals surface area contributed by atoms with E-state index in [1.165, 1.54) is 18.3 Å². The summed E-state index contributed by atoms with van der Waals surface area (Å²) >= 11 is 1.47. The van der Waals surface area contributed by atoms with Crippen LogP contribution in [0.1, 0.15) is 74.4 Å². The molecule has 2 saturated heterocycles. The lowest BCUT2D eigenvalue weighted by atomic mass is 9.72. The van der Waals surface area contributed by atoms with E-state index in [1.54, 1.807) is 0 Å². The highest BCUT2D eigenvalue weighted by atomic mass is 32.1. The summed E-state index contributed by atoms with van der Waals surface area (Å²) in [7, 11) is 0. The Labute approximate surface area is 165 Å². The number of nitrogens with one attached hydrogen (secondary N) is 1. The molecule has 2 aliphatic heterocycles. The van der Waals surface area contributed by atoms with E-state index in [1.807, 2.05) is 10.3 Å². The highest BCUT2D eigenvalue weighted by Gasteiger charge is 2.37. The van der Waals surface area contributed by atoms with Crippen molar-refractivity contribution in [3.63, 3.8) is 0 Å². The molecule has 3 rings (SSSR count). The summed E-state index contributed by atoms with van der Waals surface area (Å²) < 4.78 is 5.50. The van der Waals surface area contributed by atoms with E-state index in [2.05, 4.69) is 24.1 Å². The third kappa shape index (κ3) is 5.08. The highest BCUT2D eigenvalue weighted by Crippen LogP contribution is 2.40. The smallest absolute Gasteiger partial charge is 0.273 e. The van der Waals surface area contributed by atoms with Crippen LogP contribution in [0.15, 0.2) is 5.38 Å². The minimum absolute atomic E-state index is 0.0190. The van der Waals surface area contributed by atoms with E-state index in [9.17, 15) is 9.59 Å². The van der Waals surface area contributed by atoms with Gasteiger partial charge in [0.05, 0.1) is 6.04 Å². The molecule has 2 amide bonds. The second-order valence-electron chi connectivity index (χ2n) is 8.36. The normalized spacial score (nSPS) is 20.7. The molecular formula is C20H31N3O3S. The van der Waals surface area contributed by atoms with Gasteiger partial charge in [0.25, 0.3) is 5.91 Å². The van der Waals surface area contributed by atoms with Gasteiger partial charge in [0.2, 0.25) is 5.91 Å². The van der Waals surface area contributed by atoms with Crippen LogP contribution in [0.25, 0.3) is 0 Å². The Bertz CT molecular complexity index is 657. The Hall–Kier alpha value is -1.47. The zero-order valence-corrected chi connectivity index (χ0v) is 17.4. The molecule has 2 fully saturated rings. The molecule has 1 atom stereocenters. The zero-order chi connectivity index (χ0) is 19.4. The van der Waals surface area contributed by atoms with Crippen LogP contribution in [0.3, 0.4) is 0 Å². The Kier molecular flexibility index (Phi) is 6.52. The van der Waals surface area contributed by atoms with Crippen LogP contribution < -0.4 is 5.32 Å². The van der Waals surface area contributed by atoms with E-state index in [4.69, 9.17) is 4.74 Å². The maximum atomic E-state index is 12.9. The molecule has 6 nitrogen and oxygen atoms in total. The minimum Gasteiger partial charge on any atom is -0.381 e. The number of thiazole rings is 1. The fourth-order valence-corrected chi connectivity index (χ4v) is 4.99. The van der Waals surface area contributed by atoms with Crippen LogP contribution in [0.2, 0.25) is 0 Å². The summed E-state index contributed by atoms with van der Waals surface area (Å²) in [4.78, 5) is 31.0. The van der Waals surface area contributed by atoms with Crippen LogP contribution in [-0.4, -0.2) is 48.0 Å². The molecule has 0 unspecified atom stereocenters. The Morgan fingerprint density at radius 3 is 2.52 bits per heavy atom. The summed E-state index contributed by atoms with van der Waals surface area (Å²) in [6.45, 7) is 9.06. The van der Waals surface area contributed by atoms with Crippen molar-refractivity contribution in [3.05, 3.63) is 16.1 Å². The van der Waals surface area contributed by atoms with Crippen LogP contribution in [0, 0.1) is 11.3 Å². The standard InChI is InChI=1S/C20H31N3O3S/c1-14(2)12-16(21-15(3)24)18-22-17(13-27-18)19(25)23-8-4-20(5-9-23)6-10-26-11-7-20/h13-14,16H,4-12H2,1-3H3,(H,21,24)/t16-/m1/s1. The van der Waals surface area contributed by atoms with Gasteiger partial charge in [-0.15, -0.1) is 11.3 Å². The number of piperidine rings is 1. The first-order valence-electron chi connectivity index (χ1n) is 9.98.